The van der Waals surface area contributed by atoms with Crippen molar-refractivity contribution in [2.45, 2.75) is 44.8 Å². The Kier molecular flexibility index (Phi) is 4.11. The van der Waals surface area contributed by atoms with Crippen LogP contribution in [0.3, 0.4) is 0 Å². The number of rotatable bonds is 7. The molecule has 1 amide bonds. The van der Waals surface area contributed by atoms with E-state index in [1.807, 2.05) is 6.92 Å². The van der Waals surface area contributed by atoms with Gasteiger partial charge in [-0.3, -0.25) is 4.79 Å². The van der Waals surface area contributed by atoms with Gasteiger partial charge in [0.15, 0.2) is 0 Å². The summed E-state index contributed by atoms with van der Waals surface area (Å²) in [5, 5.41) is 3.06. The first-order valence-corrected chi connectivity index (χ1v) is 5.67. The van der Waals surface area contributed by atoms with Gasteiger partial charge < -0.3 is 15.8 Å². The van der Waals surface area contributed by atoms with E-state index in [0.717, 1.165) is 19.3 Å². The third-order valence-electron chi connectivity index (χ3n) is 3.33. The summed E-state index contributed by atoms with van der Waals surface area (Å²) in [6.45, 7) is 4.46. The lowest BCUT2D eigenvalue weighted by molar-refractivity contribution is -0.129. The predicted octanol–water partition coefficient (Wildman–Crippen LogP) is 0.655. The SMILES string of the molecule is CCC(C)OCC(NC)(C(N)=O)C1CC1. The van der Waals surface area contributed by atoms with Crippen molar-refractivity contribution in [1.82, 2.24) is 5.32 Å². The highest BCUT2D eigenvalue weighted by atomic mass is 16.5. The number of nitrogens with two attached hydrogens (primary N) is 1. The van der Waals surface area contributed by atoms with Crippen molar-refractivity contribution in [3.63, 3.8) is 0 Å². The molecule has 0 heterocycles. The van der Waals surface area contributed by atoms with Crippen LogP contribution in [0.1, 0.15) is 33.1 Å². The van der Waals surface area contributed by atoms with Gasteiger partial charge in [-0.25, -0.2) is 0 Å². The van der Waals surface area contributed by atoms with Crippen LogP contribution in [0.4, 0.5) is 0 Å². The smallest absolute Gasteiger partial charge is 0.240 e. The van der Waals surface area contributed by atoms with E-state index >= 15 is 0 Å². The maximum absolute atomic E-state index is 11.5. The second-order valence-electron chi connectivity index (χ2n) is 4.39. The molecule has 0 saturated heterocycles. The molecular formula is C11H22N2O2. The fraction of sp³-hybridized carbons (Fsp3) is 0.909. The number of nitrogens with one attached hydrogen (secondary N) is 1. The lowest BCUT2D eigenvalue weighted by Crippen LogP contribution is -2.59. The standard InChI is InChI=1S/C11H22N2O2/c1-4-8(2)15-7-11(13-3,10(12)14)9-5-6-9/h8-9,13H,4-7H2,1-3H3,(H2,12,14). The van der Waals surface area contributed by atoms with Crippen molar-refractivity contribution in [2.24, 2.45) is 11.7 Å². The monoisotopic (exact) mass is 214 g/mol. The number of carbonyl (C=O) groups excluding carboxylic acids is 1. The van der Waals surface area contributed by atoms with Gasteiger partial charge in [-0.05, 0) is 39.2 Å². The summed E-state index contributed by atoms with van der Waals surface area (Å²) in [6.07, 6.45) is 3.25. The highest BCUT2D eigenvalue weighted by Crippen LogP contribution is 2.39. The molecule has 1 aliphatic carbocycles. The van der Waals surface area contributed by atoms with Gasteiger partial charge >= 0.3 is 0 Å². The van der Waals surface area contributed by atoms with E-state index in [4.69, 9.17) is 10.5 Å². The van der Waals surface area contributed by atoms with Gasteiger partial charge in [0, 0.05) is 0 Å². The first-order chi connectivity index (χ1) is 7.06. The summed E-state index contributed by atoms with van der Waals surface area (Å²) in [5.41, 5.74) is 4.82. The first-order valence-electron chi connectivity index (χ1n) is 5.67. The molecule has 0 bridgehead atoms. The molecule has 15 heavy (non-hydrogen) atoms. The number of ether oxygens (including phenoxy) is 1. The summed E-state index contributed by atoms with van der Waals surface area (Å²) in [4.78, 5) is 11.5. The van der Waals surface area contributed by atoms with Gasteiger partial charge in [0.2, 0.25) is 5.91 Å². The highest BCUT2D eigenvalue weighted by Gasteiger charge is 2.49. The molecule has 88 valence electrons. The number of carbonyl (C=O) groups is 1. The molecular weight excluding hydrogens is 192 g/mol. The molecule has 0 aromatic carbocycles. The molecule has 2 atom stereocenters. The largest absolute Gasteiger partial charge is 0.376 e. The molecule has 4 heteroatoms. The van der Waals surface area contributed by atoms with Crippen molar-refractivity contribution in [1.29, 1.82) is 0 Å². The molecule has 0 spiro atoms. The Hall–Kier alpha value is -0.610. The van der Waals surface area contributed by atoms with Crippen LogP contribution in [0, 0.1) is 5.92 Å². The molecule has 3 N–H and O–H groups in total. The highest BCUT2D eigenvalue weighted by molar-refractivity contribution is 5.85. The average molecular weight is 214 g/mol. The van der Waals surface area contributed by atoms with Gasteiger partial charge in [0.05, 0.1) is 12.7 Å². The van der Waals surface area contributed by atoms with Gasteiger partial charge in [-0.15, -0.1) is 0 Å². The Morgan fingerprint density at radius 2 is 2.27 bits per heavy atom. The van der Waals surface area contributed by atoms with E-state index in [0.29, 0.717) is 12.5 Å². The third kappa shape index (κ3) is 2.69. The predicted molar refractivity (Wildman–Crippen MR) is 59.4 cm³/mol. The van der Waals surface area contributed by atoms with Crippen LogP contribution < -0.4 is 11.1 Å². The minimum absolute atomic E-state index is 0.177. The summed E-state index contributed by atoms with van der Waals surface area (Å²) < 4.78 is 5.65. The Morgan fingerprint density at radius 3 is 2.60 bits per heavy atom. The molecule has 0 aliphatic heterocycles. The number of amides is 1. The van der Waals surface area contributed by atoms with Crippen molar-refractivity contribution in [3.8, 4) is 0 Å². The maximum Gasteiger partial charge on any atom is 0.240 e. The summed E-state index contributed by atoms with van der Waals surface area (Å²) in [6, 6.07) is 0. The van der Waals surface area contributed by atoms with E-state index in [1.165, 1.54) is 0 Å². The van der Waals surface area contributed by atoms with Gasteiger partial charge in [0.25, 0.3) is 0 Å². The van der Waals surface area contributed by atoms with Gasteiger partial charge in [-0.2, -0.15) is 0 Å². The van der Waals surface area contributed by atoms with E-state index in [9.17, 15) is 4.79 Å². The van der Waals surface area contributed by atoms with Crippen LogP contribution >= 0.6 is 0 Å². The zero-order valence-electron chi connectivity index (χ0n) is 9.88. The summed E-state index contributed by atoms with van der Waals surface area (Å²) in [5.74, 6) is 0.0554. The van der Waals surface area contributed by atoms with Crippen LogP contribution in [0.15, 0.2) is 0 Å². The van der Waals surface area contributed by atoms with Crippen molar-refractivity contribution in [2.75, 3.05) is 13.7 Å². The normalized spacial score (nSPS) is 22.1. The molecule has 0 aromatic heterocycles. The lowest BCUT2D eigenvalue weighted by Gasteiger charge is -2.31. The number of likely N-dealkylation sites (N-methyl/N-ethyl adjacent to an activating group) is 1. The second kappa shape index (κ2) is 4.94. The van der Waals surface area contributed by atoms with Crippen molar-refractivity contribution in [3.05, 3.63) is 0 Å². The zero-order chi connectivity index (χ0) is 11.5. The van der Waals surface area contributed by atoms with E-state index in [-0.39, 0.29) is 12.0 Å². The minimum atomic E-state index is -0.649. The molecule has 1 aliphatic rings. The molecule has 1 fully saturated rings. The zero-order valence-corrected chi connectivity index (χ0v) is 9.88. The average Bonchev–Trinajstić information content (AvgIpc) is 3.03. The van der Waals surface area contributed by atoms with Crippen molar-refractivity contribution >= 4 is 5.91 Å². The quantitative estimate of drug-likeness (QED) is 0.654. The topological polar surface area (TPSA) is 64.3 Å². The summed E-state index contributed by atoms with van der Waals surface area (Å²) >= 11 is 0. The van der Waals surface area contributed by atoms with Crippen molar-refractivity contribution < 1.29 is 9.53 Å². The Labute approximate surface area is 91.5 Å². The Morgan fingerprint density at radius 1 is 1.67 bits per heavy atom. The molecule has 1 saturated carbocycles. The molecule has 0 radical (unpaired) electrons. The first kappa shape index (κ1) is 12.5. The van der Waals surface area contributed by atoms with E-state index in [1.54, 1.807) is 7.05 Å². The van der Waals surface area contributed by atoms with E-state index < -0.39 is 5.54 Å². The summed E-state index contributed by atoms with van der Waals surface area (Å²) in [7, 11) is 1.78. The van der Waals surface area contributed by atoms with Crippen LogP contribution in [0.5, 0.6) is 0 Å². The van der Waals surface area contributed by atoms with Gasteiger partial charge in [-0.1, -0.05) is 6.92 Å². The minimum Gasteiger partial charge on any atom is -0.376 e. The fourth-order valence-electron chi connectivity index (χ4n) is 1.76. The molecule has 0 aromatic rings. The molecule has 2 unspecified atom stereocenters. The van der Waals surface area contributed by atoms with Crippen LogP contribution in [-0.2, 0) is 9.53 Å². The van der Waals surface area contributed by atoms with Crippen LogP contribution in [0.25, 0.3) is 0 Å². The fourth-order valence-corrected chi connectivity index (χ4v) is 1.76. The Balaban J connectivity index is 2.59. The van der Waals surface area contributed by atoms with Gasteiger partial charge in [0.1, 0.15) is 5.54 Å². The lowest BCUT2D eigenvalue weighted by atomic mass is 9.93. The molecule has 1 rings (SSSR count). The van der Waals surface area contributed by atoms with Crippen LogP contribution in [0.2, 0.25) is 0 Å². The van der Waals surface area contributed by atoms with E-state index in [2.05, 4.69) is 12.2 Å². The Bertz CT molecular complexity index is 229. The number of hydrogen-bond donors (Lipinski definition) is 2. The maximum atomic E-state index is 11.5. The molecule has 4 nitrogen and oxygen atoms in total. The third-order valence-corrected chi connectivity index (χ3v) is 3.33. The number of primary amides is 1. The second-order valence-corrected chi connectivity index (χ2v) is 4.39. The number of hydrogen-bond acceptors (Lipinski definition) is 3. The van der Waals surface area contributed by atoms with Crippen LogP contribution in [-0.4, -0.2) is 31.2 Å².